The molecule has 0 bridgehead atoms. The molecule has 24 heavy (non-hydrogen) atoms. The Hall–Kier alpha value is -0.950. The zero-order valence-corrected chi connectivity index (χ0v) is 17.1. The molecule has 1 atom stereocenters. The van der Waals surface area contributed by atoms with Crippen molar-refractivity contribution in [1.29, 1.82) is 0 Å². The van der Waals surface area contributed by atoms with Gasteiger partial charge in [0.25, 0.3) is 0 Å². The molecule has 1 unspecified atom stereocenters. The molecule has 0 aromatic heterocycles. The van der Waals surface area contributed by atoms with Gasteiger partial charge in [0.2, 0.25) is 10.0 Å². The van der Waals surface area contributed by atoms with Gasteiger partial charge in [-0.1, -0.05) is 79.9 Å². The fourth-order valence-electron chi connectivity index (χ4n) is 2.66. The first-order valence-electron chi connectivity index (χ1n) is 7.54. The van der Waals surface area contributed by atoms with Crippen LogP contribution in [0.5, 0.6) is 0 Å². The quantitative estimate of drug-likeness (QED) is 0.616. The molecule has 3 rings (SSSR count). The molecule has 126 valence electrons. The lowest BCUT2D eigenvalue weighted by Gasteiger charge is -2.15. The van der Waals surface area contributed by atoms with Crippen LogP contribution in [0, 0.1) is 6.92 Å². The Balaban J connectivity index is 1.92. The third kappa shape index (κ3) is 3.52. The first kappa shape index (κ1) is 17.9. The van der Waals surface area contributed by atoms with Gasteiger partial charge in [-0.3, -0.25) is 0 Å². The van der Waals surface area contributed by atoms with Gasteiger partial charge in [0.1, 0.15) is 0 Å². The zero-order chi connectivity index (χ0) is 17.3. The Labute approximate surface area is 159 Å². The minimum Gasteiger partial charge on any atom is -0.207 e. The molecule has 0 radical (unpaired) electrons. The van der Waals surface area contributed by atoms with Crippen molar-refractivity contribution >= 4 is 46.4 Å². The molecule has 0 spiro atoms. The van der Waals surface area contributed by atoms with Crippen molar-refractivity contribution in [2.45, 2.75) is 16.6 Å². The van der Waals surface area contributed by atoms with Gasteiger partial charge >= 0.3 is 0 Å². The maximum Gasteiger partial charge on any atom is 0.243 e. The molecule has 1 aliphatic rings. The predicted octanol–water partition coefficient (Wildman–Crippen LogP) is 4.57. The van der Waals surface area contributed by atoms with E-state index in [0.29, 0.717) is 18.0 Å². The van der Waals surface area contributed by atoms with Crippen molar-refractivity contribution in [3.63, 3.8) is 0 Å². The summed E-state index contributed by atoms with van der Waals surface area (Å²) in [5.41, 5.74) is 3.13. The van der Waals surface area contributed by atoms with E-state index in [4.69, 9.17) is 0 Å². The van der Waals surface area contributed by atoms with Crippen molar-refractivity contribution in [2.24, 2.45) is 0 Å². The first-order valence-corrected chi connectivity index (χ1v) is 10.7. The SMILES string of the molecule is Cc1ccc(S(=O)(=O)N2C/C(=C(\Br)c3ccccc3)C(Br)C2)cc1. The highest BCUT2D eigenvalue weighted by Gasteiger charge is 2.35. The molecule has 1 heterocycles. The van der Waals surface area contributed by atoms with Crippen LogP contribution in [-0.2, 0) is 10.0 Å². The van der Waals surface area contributed by atoms with E-state index in [9.17, 15) is 8.42 Å². The third-order valence-corrected chi connectivity index (χ3v) is 7.69. The molecule has 0 N–H and O–H groups in total. The fourth-order valence-corrected chi connectivity index (χ4v) is 5.98. The minimum atomic E-state index is -3.49. The summed E-state index contributed by atoms with van der Waals surface area (Å²) in [5, 5.41) is 0. The Morgan fingerprint density at radius 1 is 1.08 bits per heavy atom. The number of halogens is 2. The summed E-state index contributed by atoms with van der Waals surface area (Å²) in [6.45, 7) is 2.74. The Morgan fingerprint density at radius 3 is 2.33 bits per heavy atom. The first-order chi connectivity index (χ1) is 11.4. The molecular formula is C18H17Br2NO2S. The lowest BCUT2D eigenvalue weighted by Crippen LogP contribution is -2.29. The van der Waals surface area contributed by atoms with E-state index >= 15 is 0 Å². The van der Waals surface area contributed by atoms with E-state index in [1.807, 2.05) is 49.4 Å². The van der Waals surface area contributed by atoms with Gasteiger partial charge in [0.05, 0.1) is 9.72 Å². The summed E-state index contributed by atoms with van der Waals surface area (Å²) in [5.74, 6) is 0. The van der Waals surface area contributed by atoms with E-state index in [1.54, 1.807) is 12.1 Å². The van der Waals surface area contributed by atoms with Crippen molar-refractivity contribution in [3.05, 3.63) is 71.3 Å². The molecule has 1 fully saturated rings. The lowest BCUT2D eigenvalue weighted by molar-refractivity contribution is 0.483. The van der Waals surface area contributed by atoms with Gasteiger partial charge in [-0.2, -0.15) is 4.31 Å². The number of nitrogens with zero attached hydrogens (tertiary/aromatic N) is 1. The normalized spacial score (nSPS) is 21.0. The number of hydrogen-bond donors (Lipinski definition) is 0. The van der Waals surface area contributed by atoms with Gasteiger partial charge in [-0.05, 0) is 30.2 Å². The van der Waals surface area contributed by atoms with Gasteiger partial charge in [0.15, 0.2) is 0 Å². The van der Waals surface area contributed by atoms with Crippen molar-refractivity contribution in [1.82, 2.24) is 4.31 Å². The largest absolute Gasteiger partial charge is 0.243 e. The van der Waals surface area contributed by atoms with E-state index in [1.165, 1.54) is 4.31 Å². The van der Waals surface area contributed by atoms with Gasteiger partial charge in [-0.25, -0.2) is 8.42 Å². The molecule has 0 aliphatic carbocycles. The molecule has 1 aliphatic heterocycles. The van der Waals surface area contributed by atoms with Gasteiger partial charge in [-0.15, -0.1) is 0 Å². The zero-order valence-electron chi connectivity index (χ0n) is 13.1. The van der Waals surface area contributed by atoms with E-state index in [2.05, 4.69) is 31.9 Å². The molecular weight excluding hydrogens is 454 g/mol. The Kier molecular flexibility index (Phi) is 5.30. The predicted molar refractivity (Wildman–Crippen MR) is 105 cm³/mol. The van der Waals surface area contributed by atoms with Crippen LogP contribution >= 0.6 is 31.9 Å². The summed E-state index contributed by atoms with van der Waals surface area (Å²) < 4.78 is 28.2. The number of alkyl halides is 1. The van der Waals surface area contributed by atoms with Gasteiger partial charge < -0.3 is 0 Å². The molecule has 2 aromatic rings. The van der Waals surface area contributed by atoms with Crippen LogP contribution in [-0.4, -0.2) is 30.6 Å². The highest BCUT2D eigenvalue weighted by atomic mass is 79.9. The van der Waals surface area contributed by atoms with E-state index < -0.39 is 10.0 Å². The summed E-state index contributed by atoms with van der Waals surface area (Å²) in [7, 11) is -3.49. The Bertz CT molecular complexity index is 862. The minimum absolute atomic E-state index is 0.00713. The topological polar surface area (TPSA) is 37.4 Å². The smallest absolute Gasteiger partial charge is 0.207 e. The lowest BCUT2D eigenvalue weighted by atomic mass is 10.1. The average Bonchev–Trinajstić information content (AvgIpc) is 2.98. The van der Waals surface area contributed by atoms with Crippen LogP contribution in [0.3, 0.4) is 0 Å². The maximum atomic E-state index is 12.9. The number of benzene rings is 2. The molecule has 0 saturated carbocycles. The number of sulfonamides is 1. The van der Waals surface area contributed by atoms with Crippen LogP contribution in [0.4, 0.5) is 0 Å². The van der Waals surface area contributed by atoms with Crippen molar-refractivity contribution < 1.29 is 8.42 Å². The van der Waals surface area contributed by atoms with Crippen LogP contribution in [0.15, 0.2) is 65.1 Å². The second-order valence-electron chi connectivity index (χ2n) is 5.78. The highest BCUT2D eigenvalue weighted by Crippen LogP contribution is 2.36. The number of rotatable bonds is 3. The van der Waals surface area contributed by atoms with Crippen LogP contribution in [0.1, 0.15) is 11.1 Å². The third-order valence-electron chi connectivity index (χ3n) is 4.06. The summed E-state index contributed by atoms with van der Waals surface area (Å²) in [4.78, 5) is 0.331. The average molecular weight is 471 g/mol. The fraction of sp³-hybridized carbons (Fsp3) is 0.222. The van der Waals surface area contributed by atoms with Crippen LogP contribution in [0.25, 0.3) is 4.48 Å². The summed E-state index contributed by atoms with van der Waals surface area (Å²) in [6.07, 6.45) is 0. The molecule has 6 heteroatoms. The standard InChI is InChI=1S/C18H17Br2NO2S/c1-13-7-9-15(10-8-13)24(22,23)21-11-16(17(19)12-21)18(20)14-5-3-2-4-6-14/h2-10,17H,11-12H2,1H3/b18-16+. The molecule has 2 aromatic carbocycles. The second-order valence-corrected chi connectivity index (χ2v) is 9.62. The van der Waals surface area contributed by atoms with E-state index in [0.717, 1.165) is 21.2 Å². The second kappa shape index (κ2) is 7.12. The number of hydrogen-bond acceptors (Lipinski definition) is 2. The van der Waals surface area contributed by atoms with Crippen LogP contribution < -0.4 is 0 Å². The summed E-state index contributed by atoms with van der Waals surface area (Å²) in [6, 6.07) is 16.9. The molecule has 3 nitrogen and oxygen atoms in total. The van der Waals surface area contributed by atoms with Crippen LogP contribution in [0.2, 0.25) is 0 Å². The van der Waals surface area contributed by atoms with Crippen molar-refractivity contribution in [3.8, 4) is 0 Å². The van der Waals surface area contributed by atoms with Gasteiger partial charge in [0, 0.05) is 17.6 Å². The monoisotopic (exact) mass is 469 g/mol. The maximum absolute atomic E-state index is 12.9. The molecule has 0 amide bonds. The Morgan fingerprint density at radius 2 is 1.71 bits per heavy atom. The summed E-state index contributed by atoms with van der Waals surface area (Å²) >= 11 is 7.27. The molecule has 1 saturated heterocycles. The number of aryl methyl sites for hydroxylation is 1. The van der Waals surface area contributed by atoms with E-state index in [-0.39, 0.29) is 4.83 Å². The highest BCUT2D eigenvalue weighted by molar-refractivity contribution is 9.15. The van der Waals surface area contributed by atoms with Crippen molar-refractivity contribution in [2.75, 3.05) is 13.1 Å².